The highest BCUT2D eigenvalue weighted by molar-refractivity contribution is 5.95. The Morgan fingerprint density at radius 2 is 2.15 bits per heavy atom. The predicted octanol–water partition coefficient (Wildman–Crippen LogP) is 1.64. The van der Waals surface area contributed by atoms with E-state index in [4.69, 9.17) is 0 Å². The lowest BCUT2D eigenvalue weighted by Gasteiger charge is -2.23. The van der Waals surface area contributed by atoms with Gasteiger partial charge in [-0.25, -0.2) is 14.8 Å². The number of aromatic amines is 1. The molecule has 1 aliphatic rings. The van der Waals surface area contributed by atoms with Crippen LogP contribution in [0.2, 0.25) is 0 Å². The highest BCUT2D eigenvalue weighted by Crippen LogP contribution is 2.32. The number of likely N-dealkylation sites (tertiary alicyclic amines) is 1. The average Bonchev–Trinajstić information content (AvgIpc) is 3.29. The minimum atomic E-state index is -0.253. The molecule has 1 aliphatic heterocycles. The molecule has 0 bridgehead atoms. The van der Waals surface area contributed by atoms with E-state index in [2.05, 4.69) is 20.3 Å². The third kappa shape index (κ3) is 2.79. The van der Waals surface area contributed by atoms with Crippen molar-refractivity contribution in [1.29, 1.82) is 0 Å². The maximum Gasteiger partial charge on any atom is 0.264 e. The Hall–Kier alpha value is -3.29. The van der Waals surface area contributed by atoms with Gasteiger partial charge in [-0.1, -0.05) is 6.07 Å². The molecular formula is C18H18N6O2. The van der Waals surface area contributed by atoms with Gasteiger partial charge in [0.25, 0.3) is 11.5 Å². The number of carbonyl (C=O) groups is 1. The van der Waals surface area contributed by atoms with Gasteiger partial charge in [-0.05, 0) is 38.0 Å². The smallest absolute Gasteiger partial charge is 0.264 e. The molecule has 0 aliphatic carbocycles. The van der Waals surface area contributed by atoms with E-state index < -0.39 is 0 Å². The minimum Gasteiger partial charge on any atom is -0.330 e. The largest absolute Gasteiger partial charge is 0.330 e. The summed E-state index contributed by atoms with van der Waals surface area (Å²) < 4.78 is 1.66. The van der Waals surface area contributed by atoms with E-state index in [9.17, 15) is 9.59 Å². The second-order valence-corrected chi connectivity index (χ2v) is 6.25. The molecule has 1 N–H and O–H groups in total. The Bertz CT molecular complexity index is 974. The highest BCUT2D eigenvalue weighted by Gasteiger charge is 2.33. The van der Waals surface area contributed by atoms with E-state index >= 15 is 0 Å². The molecule has 1 saturated heterocycles. The van der Waals surface area contributed by atoms with Crippen LogP contribution in [-0.2, 0) is 0 Å². The molecule has 0 radical (unpaired) electrons. The Balaban J connectivity index is 1.64. The number of carbonyl (C=O) groups excluding carboxylic acids is 1. The molecule has 26 heavy (non-hydrogen) atoms. The predicted molar refractivity (Wildman–Crippen MR) is 94.0 cm³/mol. The van der Waals surface area contributed by atoms with Gasteiger partial charge in [0.15, 0.2) is 5.82 Å². The van der Waals surface area contributed by atoms with Crippen LogP contribution in [0, 0.1) is 6.92 Å². The molecule has 0 spiro atoms. The van der Waals surface area contributed by atoms with Gasteiger partial charge in [0, 0.05) is 18.8 Å². The fraction of sp³-hybridized carbons (Fsp3) is 0.278. The van der Waals surface area contributed by atoms with E-state index in [1.807, 2.05) is 25.1 Å². The third-order valence-corrected chi connectivity index (χ3v) is 4.66. The summed E-state index contributed by atoms with van der Waals surface area (Å²) >= 11 is 0. The highest BCUT2D eigenvalue weighted by atomic mass is 16.2. The number of nitrogens with zero attached hydrogens (tertiary/aromatic N) is 5. The summed E-state index contributed by atoms with van der Waals surface area (Å²) in [5.41, 5.74) is 1.74. The molecule has 3 aromatic heterocycles. The first-order chi connectivity index (χ1) is 12.6. The second-order valence-electron chi connectivity index (χ2n) is 6.25. The third-order valence-electron chi connectivity index (χ3n) is 4.66. The van der Waals surface area contributed by atoms with E-state index in [-0.39, 0.29) is 17.5 Å². The Kier molecular flexibility index (Phi) is 4.08. The monoisotopic (exact) mass is 350 g/mol. The maximum atomic E-state index is 13.1. The van der Waals surface area contributed by atoms with Crippen molar-refractivity contribution in [3.8, 4) is 5.82 Å². The van der Waals surface area contributed by atoms with Crippen molar-refractivity contribution >= 4 is 5.91 Å². The average molecular weight is 350 g/mol. The normalized spacial score (nSPS) is 16.8. The van der Waals surface area contributed by atoms with Crippen LogP contribution in [0.1, 0.15) is 40.6 Å². The molecule has 1 fully saturated rings. The number of aromatic nitrogens is 5. The molecular weight excluding hydrogens is 332 g/mol. The van der Waals surface area contributed by atoms with Crippen molar-refractivity contribution in [3.05, 3.63) is 70.0 Å². The zero-order chi connectivity index (χ0) is 18.1. The van der Waals surface area contributed by atoms with Crippen molar-refractivity contribution in [2.24, 2.45) is 0 Å². The van der Waals surface area contributed by atoms with E-state index in [0.29, 0.717) is 23.6 Å². The molecule has 1 unspecified atom stereocenters. The number of hydrogen-bond donors (Lipinski definition) is 1. The van der Waals surface area contributed by atoms with E-state index in [1.54, 1.807) is 28.0 Å². The molecule has 8 heteroatoms. The Morgan fingerprint density at radius 1 is 1.27 bits per heavy atom. The zero-order valence-electron chi connectivity index (χ0n) is 14.3. The second kappa shape index (κ2) is 6.55. The van der Waals surface area contributed by atoms with Crippen LogP contribution in [-0.4, -0.2) is 42.3 Å². The van der Waals surface area contributed by atoms with Crippen LogP contribution in [0.3, 0.4) is 0 Å². The molecule has 8 nitrogen and oxygen atoms in total. The van der Waals surface area contributed by atoms with E-state index in [0.717, 1.165) is 18.5 Å². The van der Waals surface area contributed by atoms with Crippen molar-refractivity contribution < 1.29 is 4.79 Å². The van der Waals surface area contributed by atoms with Gasteiger partial charge in [-0.3, -0.25) is 9.59 Å². The fourth-order valence-electron chi connectivity index (χ4n) is 3.34. The molecule has 4 heterocycles. The summed E-state index contributed by atoms with van der Waals surface area (Å²) in [6.07, 6.45) is 4.99. The molecule has 1 amide bonds. The number of nitrogens with one attached hydrogen (secondary N) is 1. The first kappa shape index (κ1) is 16.2. The summed E-state index contributed by atoms with van der Waals surface area (Å²) in [4.78, 5) is 30.4. The number of pyridine rings is 1. The molecule has 4 rings (SSSR count). The van der Waals surface area contributed by atoms with Crippen molar-refractivity contribution in [3.63, 3.8) is 0 Å². The van der Waals surface area contributed by atoms with Crippen LogP contribution in [0.4, 0.5) is 0 Å². The van der Waals surface area contributed by atoms with Crippen LogP contribution in [0.5, 0.6) is 0 Å². The van der Waals surface area contributed by atoms with Gasteiger partial charge in [0.1, 0.15) is 0 Å². The lowest BCUT2D eigenvalue weighted by atomic mass is 10.1. The van der Waals surface area contributed by atoms with Gasteiger partial charge in [-0.15, -0.1) is 0 Å². The van der Waals surface area contributed by atoms with Gasteiger partial charge in [-0.2, -0.15) is 10.2 Å². The number of H-pyrrole nitrogens is 1. The number of amides is 1. The SMILES string of the molecule is Cc1c(C(=O)N2CCCC2c2ccc(=O)[nH]n2)cnn1-c1ccccn1. The summed E-state index contributed by atoms with van der Waals surface area (Å²) in [5.74, 6) is 0.588. The topological polar surface area (TPSA) is 96.8 Å². The van der Waals surface area contributed by atoms with Crippen LogP contribution in [0.15, 0.2) is 47.5 Å². The van der Waals surface area contributed by atoms with Crippen molar-refractivity contribution in [2.45, 2.75) is 25.8 Å². The minimum absolute atomic E-state index is 0.0832. The van der Waals surface area contributed by atoms with Gasteiger partial charge >= 0.3 is 0 Å². The molecule has 0 aromatic carbocycles. The fourth-order valence-corrected chi connectivity index (χ4v) is 3.34. The Labute approximate surface area is 149 Å². The lowest BCUT2D eigenvalue weighted by molar-refractivity contribution is 0.0731. The van der Waals surface area contributed by atoms with Crippen LogP contribution in [0.25, 0.3) is 5.82 Å². The van der Waals surface area contributed by atoms with E-state index in [1.165, 1.54) is 6.07 Å². The Morgan fingerprint density at radius 3 is 2.88 bits per heavy atom. The number of rotatable bonds is 3. The van der Waals surface area contributed by atoms with Gasteiger partial charge < -0.3 is 4.90 Å². The molecule has 3 aromatic rings. The first-order valence-corrected chi connectivity index (χ1v) is 8.48. The van der Waals surface area contributed by atoms with Crippen LogP contribution >= 0.6 is 0 Å². The lowest BCUT2D eigenvalue weighted by Crippen LogP contribution is -2.31. The number of hydrogen-bond acceptors (Lipinski definition) is 5. The first-order valence-electron chi connectivity index (χ1n) is 8.48. The van der Waals surface area contributed by atoms with Crippen LogP contribution < -0.4 is 5.56 Å². The van der Waals surface area contributed by atoms with Crippen molar-refractivity contribution in [2.75, 3.05) is 6.54 Å². The summed E-state index contributed by atoms with van der Waals surface area (Å²) in [6.45, 7) is 2.51. The van der Waals surface area contributed by atoms with Gasteiger partial charge in [0.05, 0.1) is 29.2 Å². The standard InChI is InChI=1S/C18H18N6O2/c1-12-13(11-20-24(12)16-6-2-3-9-19-16)18(26)23-10-4-5-15(23)14-7-8-17(25)22-21-14/h2-3,6-9,11,15H,4-5,10H2,1H3,(H,22,25). The summed E-state index contributed by atoms with van der Waals surface area (Å²) in [5, 5.41) is 10.9. The quantitative estimate of drug-likeness (QED) is 0.774. The zero-order valence-corrected chi connectivity index (χ0v) is 14.3. The summed E-state index contributed by atoms with van der Waals surface area (Å²) in [7, 11) is 0. The summed E-state index contributed by atoms with van der Waals surface area (Å²) in [6, 6.07) is 8.53. The molecule has 132 valence electrons. The van der Waals surface area contributed by atoms with Crippen molar-refractivity contribution in [1.82, 2.24) is 29.9 Å². The molecule has 0 saturated carbocycles. The molecule has 1 atom stereocenters. The van der Waals surface area contributed by atoms with Gasteiger partial charge in [0.2, 0.25) is 0 Å². The maximum absolute atomic E-state index is 13.1.